The summed E-state index contributed by atoms with van der Waals surface area (Å²) < 4.78 is 5.78. The first-order valence-corrected chi connectivity index (χ1v) is 11.9. The van der Waals surface area contributed by atoms with Gasteiger partial charge in [0.2, 0.25) is 0 Å². The lowest BCUT2D eigenvalue weighted by Gasteiger charge is -2.31. The SMILES string of the molecule is CC1CCN(c2ccc(NC(=O)c3cc4ccccc4cc3OCC(=O)NC(C)C)cn2)CC1. The highest BCUT2D eigenvalue weighted by molar-refractivity contribution is 6.08. The van der Waals surface area contributed by atoms with Crippen molar-refractivity contribution >= 4 is 34.1 Å². The van der Waals surface area contributed by atoms with Crippen LogP contribution in [0.15, 0.2) is 54.7 Å². The van der Waals surface area contributed by atoms with E-state index in [9.17, 15) is 9.59 Å². The number of carbonyl (C=O) groups is 2. The van der Waals surface area contributed by atoms with Gasteiger partial charge in [-0.3, -0.25) is 9.59 Å². The van der Waals surface area contributed by atoms with Crippen molar-refractivity contribution in [3.05, 3.63) is 60.3 Å². The molecule has 2 N–H and O–H groups in total. The molecule has 1 aliphatic heterocycles. The van der Waals surface area contributed by atoms with Crippen molar-refractivity contribution in [2.75, 3.05) is 29.9 Å². The molecule has 178 valence electrons. The van der Waals surface area contributed by atoms with Crippen LogP contribution in [-0.4, -0.2) is 42.5 Å². The zero-order chi connectivity index (χ0) is 24.1. The minimum Gasteiger partial charge on any atom is -0.483 e. The van der Waals surface area contributed by atoms with Crippen molar-refractivity contribution in [2.24, 2.45) is 5.92 Å². The fourth-order valence-corrected chi connectivity index (χ4v) is 4.11. The van der Waals surface area contributed by atoms with Crippen molar-refractivity contribution in [1.82, 2.24) is 10.3 Å². The van der Waals surface area contributed by atoms with Crippen LogP contribution in [0.2, 0.25) is 0 Å². The molecule has 1 fully saturated rings. The molecule has 0 unspecified atom stereocenters. The summed E-state index contributed by atoms with van der Waals surface area (Å²) in [5.41, 5.74) is 0.973. The Morgan fingerprint density at radius 2 is 1.79 bits per heavy atom. The Labute approximate surface area is 200 Å². The molecule has 34 heavy (non-hydrogen) atoms. The maximum atomic E-state index is 13.2. The minimum atomic E-state index is -0.314. The Morgan fingerprint density at radius 3 is 2.44 bits per heavy atom. The van der Waals surface area contributed by atoms with Gasteiger partial charge in [-0.2, -0.15) is 0 Å². The molecule has 4 rings (SSSR count). The van der Waals surface area contributed by atoms with Crippen LogP contribution in [0.25, 0.3) is 10.8 Å². The molecule has 0 bridgehead atoms. The number of aromatic nitrogens is 1. The summed E-state index contributed by atoms with van der Waals surface area (Å²) in [7, 11) is 0. The van der Waals surface area contributed by atoms with E-state index < -0.39 is 0 Å². The molecule has 0 atom stereocenters. The molecule has 1 aliphatic rings. The highest BCUT2D eigenvalue weighted by atomic mass is 16.5. The number of hydrogen-bond acceptors (Lipinski definition) is 5. The van der Waals surface area contributed by atoms with Crippen LogP contribution in [-0.2, 0) is 4.79 Å². The van der Waals surface area contributed by atoms with Gasteiger partial charge in [0.15, 0.2) is 6.61 Å². The zero-order valence-corrected chi connectivity index (χ0v) is 20.0. The number of piperidine rings is 1. The van der Waals surface area contributed by atoms with E-state index in [1.54, 1.807) is 18.3 Å². The third-order valence-electron chi connectivity index (χ3n) is 6.01. The van der Waals surface area contributed by atoms with Crippen molar-refractivity contribution < 1.29 is 14.3 Å². The van der Waals surface area contributed by atoms with Crippen LogP contribution >= 0.6 is 0 Å². The number of nitrogens with one attached hydrogen (secondary N) is 2. The second-order valence-electron chi connectivity index (χ2n) is 9.24. The number of benzene rings is 2. The molecule has 2 amide bonds. The monoisotopic (exact) mass is 460 g/mol. The van der Waals surface area contributed by atoms with Gasteiger partial charge in [-0.15, -0.1) is 0 Å². The molecule has 0 saturated carbocycles. The van der Waals surface area contributed by atoms with Crippen LogP contribution in [0.5, 0.6) is 5.75 Å². The van der Waals surface area contributed by atoms with E-state index in [1.807, 2.05) is 50.2 Å². The summed E-state index contributed by atoms with van der Waals surface area (Å²) in [6, 6.07) is 15.1. The van der Waals surface area contributed by atoms with E-state index in [4.69, 9.17) is 4.74 Å². The van der Waals surface area contributed by atoms with Gasteiger partial charge in [-0.1, -0.05) is 31.2 Å². The molecule has 1 saturated heterocycles. The molecule has 7 heteroatoms. The third-order valence-corrected chi connectivity index (χ3v) is 6.01. The van der Waals surface area contributed by atoms with E-state index in [2.05, 4.69) is 27.4 Å². The van der Waals surface area contributed by atoms with Crippen molar-refractivity contribution in [1.29, 1.82) is 0 Å². The van der Waals surface area contributed by atoms with E-state index in [-0.39, 0.29) is 24.5 Å². The van der Waals surface area contributed by atoms with Crippen LogP contribution < -0.4 is 20.3 Å². The number of pyridine rings is 1. The fraction of sp³-hybridized carbons (Fsp3) is 0.370. The maximum absolute atomic E-state index is 13.2. The number of rotatable bonds is 7. The molecule has 0 spiro atoms. The highest BCUT2D eigenvalue weighted by Gasteiger charge is 2.18. The largest absolute Gasteiger partial charge is 0.483 e. The Bertz CT molecular complexity index is 1150. The lowest BCUT2D eigenvalue weighted by atomic mass is 9.99. The van der Waals surface area contributed by atoms with E-state index in [1.165, 1.54) is 12.8 Å². The van der Waals surface area contributed by atoms with Gasteiger partial charge in [-0.25, -0.2) is 4.98 Å². The Morgan fingerprint density at radius 1 is 1.09 bits per heavy atom. The number of anilines is 2. The Balaban J connectivity index is 1.51. The van der Waals surface area contributed by atoms with Gasteiger partial charge >= 0.3 is 0 Å². The Hall–Kier alpha value is -3.61. The number of hydrogen-bond donors (Lipinski definition) is 2. The third kappa shape index (κ3) is 5.84. The van der Waals surface area contributed by atoms with Gasteiger partial charge in [0.05, 0.1) is 17.4 Å². The number of carbonyl (C=O) groups excluding carboxylic acids is 2. The molecule has 2 heterocycles. The second kappa shape index (κ2) is 10.5. The average molecular weight is 461 g/mol. The first kappa shape index (κ1) is 23.5. The van der Waals surface area contributed by atoms with Crippen LogP contribution in [0.3, 0.4) is 0 Å². The molecule has 0 aliphatic carbocycles. The molecule has 7 nitrogen and oxygen atoms in total. The van der Waals surface area contributed by atoms with Gasteiger partial charge < -0.3 is 20.3 Å². The topological polar surface area (TPSA) is 83.6 Å². The number of ether oxygens (including phenoxy) is 1. The summed E-state index contributed by atoms with van der Waals surface area (Å²) in [6.45, 7) is 7.90. The second-order valence-corrected chi connectivity index (χ2v) is 9.24. The lowest BCUT2D eigenvalue weighted by Crippen LogP contribution is -2.34. The summed E-state index contributed by atoms with van der Waals surface area (Å²) in [5, 5.41) is 7.56. The predicted octanol–water partition coefficient (Wildman–Crippen LogP) is 4.63. The number of fused-ring (bicyclic) bond motifs is 1. The van der Waals surface area contributed by atoms with Gasteiger partial charge in [-0.05, 0) is 67.6 Å². The lowest BCUT2D eigenvalue weighted by molar-refractivity contribution is -0.123. The maximum Gasteiger partial charge on any atom is 0.259 e. The number of amides is 2. The predicted molar refractivity (Wildman–Crippen MR) is 136 cm³/mol. The first-order chi connectivity index (χ1) is 16.4. The summed E-state index contributed by atoms with van der Waals surface area (Å²) >= 11 is 0. The molecular formula is C27H32N4O3. The summed E-state index contributed by atoms with van der Waals surface area (Å²) in [5.74, 6) is 1.50. The quantitative estimate of drug-likeness (QED) is 0.537. The normalized spacial score (nSPS) is 14.3. The first-order valence-electron chi connectivity index (χ1n) is 11.9. The molecule has 1 aromatic heterocycles. The Kier molecular flexibility index (Phi) is 7.30. The van der Waals surface area contributed by atoms with E-state index in [0.717, 1.165) is 35.6 Å². The average Bonchev–Trinajstić information content (AvgIpc) is 2.83. The van der Waals surface area contributed by atoms with Gasteiger partial charge in [0.25, 0.3) is 11.8 Å². The van der Waals surface area contributed by atoms with Crippen molar-refractivity contribution in [2.45, 2.75) is 39.7 Å². The molecular weight excluding hydrogens is 428 g/mol. The van der Waals surface area contributed by atoms with Crippen molar-refractivity contribution in [3.8, 4) is 5.75 Å². The smallest absolute Gasteiger partial charge is 0.259 e. The molecule has 2 aromatic carbocycles. The molecule has 3 aromatic rings. The van der Waals surface area contributed by atoms with E-state index in [0.29, 0.717) is 17.0 Å². The van der Waals surface area contributed by atoms with Crippen LogP contribution in [0.4, 0.5) is 11.5 Å². The highest BCUT2D eigenvalue weighted by Crippen LogP contribution is 2.28. The summed E-state index contributed by atoms with van der Waals surface area (Å²) in [4.78, 5) is 32.1. The standard InChI is InChI=1S/C27H32N4O3/c1-18(2)29-26(32)17-34-24-15-21-7-5-4-6-20(21)14-23(24)27(33)30-22-8-9-25(28-16-22)31-12-10-19(3)11-13-31/h4-9,14-16,18-19H,10-13,17H2,1-3H3,(H,29,32)(H,30,33). The van der Waals surface area contributed by atoms with Gasteiger partial charge in [0.1, 0.15) is 11.6 Å². The fourth-order valence-electron chi connectivity index (χ4n) is 4.11. The van der Waals surface area contributed by atoms with Gasteiger partial charge in [0, 0.05) is 19.1 Å². The van der Waals surface area contributed by atoms with Crippen LogP contribution in [0, 0.1) is 5.92 Å². The minimum absolute atomic E-state index is 0.0132. The van der Waals surface area contributed by atoms with Crippen LogP contribution in [0.1, 0.15) is 44.0 Å². The van der Waals surface area contributed by atoms with Crippen molar-refractivity contribution in [3.63, 3.8) is 0 Å². The summed E-state index contributed by atoms with van der Waals surface area (Å²) in [6.07, 6.45) is 4.02. The molecule has 0 radical (unpaired) electrons. The zero-order valence-electron chi connectivity index (χ0n) is 20.0. The van der Waals surface area contributed by atoms with E-state index >= 15 is 0 Å². The number of nitrogens with zero attached hydrogens (tertiary/aromatic N) is 2.